The third kappa shape index (κ3) is 5.45. The van der Waals surface area contributed by atoms with Gasteiger partial charge in [0.05, 0.1) is 25.3 Å². The Morgan fingerprint density at radius 3 is 2.31 bits per heavy atom. The van der Waals surface area contributed by atoms with E-state index in [-0.39, 0.29) is 23.9 Å². The molecular weight excluding hydrogens is 585 g/mol. The molecular formula is C28H41F3N6O3SSi. The molecule has 1 aromatic heterocycles. The molecule has 2 aliphatic carbocycles. The maximum atomic E-state index is 14.7. The monoisotopic (exact) mass is 626 g/mol. The van der Waals surface area contributed by atoms with E-state index < -0.39 is 48.0 Å². The Labute approximate surface area is 247 Å². The van der Waals surface area contributed by atoms with Gasteiger partial charge in [-0.15, -0.1) is 0 Å². The molecule has 1 aliphatic heterocycles. The molecule has 2 amide bonds. The van der Waals surface area contributed by atoms with E-state index in [1.54, 1.807) is 0 Å². The molecule has 0 fully saturated rings. The Hall–Kier alpha value is -2.58. The smallest absolute Gasteiger partial charge is 0.401 e. The highest BCUT2D eigenvalue weighted by molar-refractivity contribution is 7.92. The Bertz CT molecular complexity index is 1470. The van der Waals surface area contributed by atoms with Crippen molar-refractivity contribution in [2.24, 2.45) is 0 Å². The molecule has 2 unspecified atom stereocenters. The molecule has 1 aromatic carbocycles. The van der Waals surface area contributed by atoms with Crippen molar-refractivity contribution in [3.63, 3.8) is 0 Å². The lowest BCUT2D eigenvalue weighted by Crippen LogP contribution is -2.60. The van der Waals surface area contributed by atoms with Gasteiger partial charge in [0, 0.05) is 5.69 Å². The molecule has 42 heavy (non-hydrogen) atoms. The highest BCUT2D eigenvalue weighted by Gasteiger charge is 2.50. The third-order valence-corrected chi connectivity index (χ3v) is 18.0. The SMILES string of the molecule is CN(CC(F)(F)F)C1COc2c(S(=N)(=O)N(C(=O)Nc3c4c(cc5c3CCC5)CCC4)[Si](C)(C)C(C)(C)C)cnn2C1. The summed E-state index contributed by atoms with van der Waals surface area (Å²) in [6.45, 7) is 8.69. The number of amides is 2. The number of likely N-dealkylation sites (N-methyl/N-ethyl adjacent to an activating group) is 1. The zero-order valence-electron chi connectivity index (χ0n) is 25.2. The van der Waals surface area contributed by atoms with Crippen LogP contribution in [0.15, 0.2) is 17.2 Å². The van der Waals surface area contributed by atoms with E-state index in [0.717, 1.165) is 60.2 Å². The minimum atomic E-state index is -4.37. The number of aromatic nitrogens is 2. The molecule has 14 heteroatoms. The van der Waals surface area contributed by atoms with Crippen LogP contribution in [0.3, 0.4) is 0 Å². The second-order valence-corrected chi connectivity index (χ2v) is 20.5. The summed E-state index contributed by atoms with van der Waals surface area (Å²) in [7, 11) is -5.57. The summed E-state index contributed by atoms with van der Waals surface area (Å²) in [5.74, 6) is 0.0599. The molecule has 0 saturated carbocycles. The van der Waals surface area contributed by atoms with Gasteiger partial charge in [-0.1, -0.05) is 26.8 Å². The summed E-state index contributed by atoms with van der Waals surface area (Å²) in [5.41, 5.74) is 5.58. The molecule has 2 atom stereocenters. The number of carbonyl (C=O) groups is 1. The molecule has 0 saturated heterocycles. The van der Waals surface area contributed by atoms with Crippen molar-refractivity contribution >= 4 is 29.9 Å². The molecule has 232 valence electrons. The first kappa shape index (κ1) is 30.9. The van der Waals surface area contributed by atoms with Gasteiger partial charge in [0.25, 0.3) is 0 Å². The average Bonchev–Trinajstić information content (AvgIpc) is 3.60. The number of alkyl halides is 3. The number of fused-ring (bicyclic) bond motifs is 3. The number of carbonyl (C=O) groups excluding carboxylic acids is 1. The quantitative estimate of drug-likeness (QED) is 0.385. The molecule has 2 aromatic rings. The minimum Gasteiger partial charge on any atom is -0.475 e. The molecule has 0 spiro atoms. The van der Waals surface area contributed by atoms with Gasteiger partial charge in [0.15, 0.2) is 18.2 Å². The van der Waals surface area contributed by atoms with E-state index in [2.05, 4.69) is 16.5 Å². The van der Waals surface area contributed by atoms with E-state index in [0.29, 0.717) is 0 Å². The van der Waals surface area contributed by atoms with Gasteiger partial charge in [-0.25, -0.2) is 18.5 Å². The van der Waals surface area contributed by atoms with Crippen molar-refractivity contribution in [2.75, 3.05) is 25.5 Å². The number of hydrogen-bond donors (Lipinski definition) is 2. The van der Waals surface area contributed by atoms with Crippen LogP contribution in [-0.4, -0.2) is 69.5 Å². The fourth-order valence-corrected chi connectivity index (χ4v) is 12.1. The van der Waals surface area contributed by atoms with Crippen LogP contribution in [0.1, 0.15) is 55.9 Å². The van der Waals surface area contributed by atoms with E-state index >= 15 is 0 Å². The van der Waals surface area contributed by atoms with Crippen LogP contribution in [0, 0.1) is 4.78 Å². The van der Waals surface area contributed by atoms with Gasteiger partial charge in [0.1, 0.15) is 11.5 Å². The normalized spacial score (nSPS) is 20.0. The first-order chi connectivity index (χ1) is 19.4. The van der Waals surface area contributed by atoms with E-state index in [9.17, 15) is 27.0 Å². The zero-order chi connectivity index (χ0) is 30.8. The number of nitrogens with zero attached hydrogens (tertiary/aromatic N) is 4. The van der Waals surface area contributed by atoms with Gasteiger partial charge < -0.3 is 10.1 Å². The number of ether oxygens (including phenoxy) is 1. The van der Waals surface area contributed by atoms with Gasteiger partial charge >= 0.3 is 12.2 Å². The number of aryl methyl sites for hydroxylation is 2. The van der Waals surface area contributed by atoms with Gasteiger partial charge in [-0.05, 0) is 86.0 Å². The number of hydrogen-bond acceptors (Lipinski definition) is 6. The van der Waals surface area contributed by atoms with Crippen molar-refractivity contribution in [3.05, 3.63) is 34.5 Å². The lowest BCUT2D eigenvalue weighted by molar-refractivity contribution is -0.150. The Morgan fingerprint density at radius 2 is 1.76 bits per heavy atom. The number of nitrogens with one attached hydrogen (secondary N) is 2. The lowest BCUT2D eigenvalue weighted by atomic mass is 9.99. The van der Waals surface area contributed by atoms with Gasteiger partial charge in [0.2, 0.25) is 5.88 Å². The van der Waals surface area contributed by atoms with Crippen molar-refractivity contribution in [2.45, 2.75) is 101 Å². The molecule has 9 nitrogen and oxygen atoms in total. The highest BCUT2D eigenvalue weighted by Crippen LogP contribution is 2.44. The third-order valence-electron chi connectivity index (χ3n) is 9.40. The van der Waals surface area contributed by atoms with E-state index in [1.807, 2.05) is 33.9 Å². The summed E-state index contributed by atoms with van der Waals surface area (Å²) in [5, 5.41) is 6.96. The molecule has 5 rings (SSSR count). The lowest BCUT2D eigenvalue weighted by Gasteiger charge is -2.45. The van der Waals surface area contributed by atoms with Crippen molar-refractivity contribution in [3.8, 4) is 5.88 Å². The first-order valence-electron chi connectivity index (χ1n) is 14.4. The largest absolute Gasteiger partial charge is 0.475 e. The Morgan fingerprint density at radius 1 is 1.17 bits per heavy atom. The number of benzene rings is 1. The summed E-state index contributed by atoms with van der Waals surface area (Å²) in [4.78, 5) is 15.5. The number of halogens is 3. The predicted octanol–water partition coefficient (Wildman–Crippen LogP) is 5.98. The summed E-state index contributed by atoms with van der Waals surface area (Å²) in [6.07, 6.45) is 2.59. The zero-order valence-corrected chi connectivity index (χ0v) is 27.0. The number of urea groups is 1. The topological polar surface area (TPSA) is 104 Å². The van der Waals surface area contributed by atoms with Crippen LogP contribution in [0.4, 0.5) is 23.7 Å². The minimum absolute atomic E-state index is 0.0390. The molecule has 0 bridgehead atoms. The average molecular weight is 627 g/mol. The maximum absolute atomic E-state index is 14.7. The van der Waals surface area contributed by atoms with E-state index in [4.69, 9.17) is 4.74 Å². The van der Waals surface area contributed by atoms with Gasteiger partial charge in [-0.3, -0.25) is 8.87 Å². The number of anilines is 1. The van der Waals surface area contributed by atoms with Crippen LogP contribution in [0.5, 0.6) is 5.88 Å². The van der Waals surface area contributed by atoms with Crippen molar-refractivity contribution in [1.82, 2.24) is 18.7 Å². The Balaban J connectivity index is 1.51. The fraction of sp³-hybridized carbons (Fsp3) is 0.643. The van der Waals surface area contributed by atoms with Crippen LogP contribution < -0.4 is 10.1 Å². The molecule has 2 N–H and O–H groups in total. The summed E-state index contributed by atoms with van der Waals surface area (Å²) in [6, 6.07) is 1.08. The Kier molecular flexibility index (Phi) is 7.75. The van der Waals surface area contributed by atoms with Gasteiger partial charge in [-0.2, -0.15) is 18.3 Å². The van der Waals surface area contributed by atoms with Crippen molar-refractivity contribution in [1.29, 1.82) is 4.78 Å². The predicted molar refractivity (Wildman–Crippen MR) is 158 cm³/mol. The second-order valence-electron chi connectivity index (χ2n) is 13.3. The second kappa shape index (κ2) is 10.5. The standard InChI is InChI=1S/C28H41F3N6O3SSi/c1-27(2,3)42(5,6)37(26(38)34-24-21-11-7-9-18(21)13-19-10-8-12-22(19)24)41(32,39)23-14-33-36-15-20(16-40-25(23)36)35(4)17-28(29,30)31/h13-14,20,32H,7-12,15-17H2,1-6H3,(H,34,38). The summed E-state index contributed by atoms with van der Waals surface area (Å²) >= 11 is 0. The molecule has 3 aliphatic rings. The number of rotatable bonds is 6. The van der Waals surface area contributed by atoms with Crippen LogP contribution in [0.2, 0.25) is 18.1 Å². The fourth-order valence-electron chi connectivity index (χ4n) is 6.15. The molecule has 2 heterocycles. The first-order valence-corrected chi connectivity index (χ1v) is 18.9. The summed E-state index contributed by atoms with van der Waals surface area (Å²) < 4.78 is 71.4. The van der Waals surface area contributed by atoms with Crippen LogP contribution >= 0.6 is 0 Å². The highest BCUT2D eigenvalue weighted by atomic mass is 32.2. The van der Waals surface area contributed by atoms with E-state index in [1.165, 1.54) is 33.0 Å². The van der Waals surface area contributed by atoms with Crippen LogP contribution in [0.25, 0.3) is 0 Å². The van der Waals surface area contributed by atoms with Crippen LogP contribution in [-0.2, 0) is 42.1 Å². The molecule has 0 radical (unpaired) electrons. The maximum Gasteiger partial charge on any atom is 0.401 e. The van der Waals surface area contributed by atoms with Crippen molar-refractivity contribution < 1.29 is 26.9 Å².